The Balaban J connectivity index is 0. The molecule has 0 aliphatic heterocycles. The number of rotatable bonds is 3. The molecule has 0 bridgehead atoms. The summed E-state index contributed by atoms with van der Waals surface area (Å²) in [6.45, 7) is 8.18. The average molecular weight is 435 g/mol. The van der Waals surface area contributed by atoms with Crippen molar-refractivity contribution in [3.05, 3.63) is 82.4 Å². The van der Waals surface area contributed by atoms with Crippen LogP contribution in [0.15, 0.2) is 59.9 Å². The monoisotopic (exact) mass is 434 g/mol. The first-order chi connectivity index (χ1) is 14.1. The number of nitrogens with one attached hydrogen (secondary N) is 1. The minimum atomic E-state index is 0. The van der Waals surface area contributed by atoms with E-state index in [0.717, 1.165) is 22.7 Å². The molecule has 1 aromatic heterocycles. The second-order valence-electron chi connectivity index (χ2n) is 5.62. The third-order valence-corrected chi connectivity index (χ3v) is 3.77. The third kappa shape index (κ3) is 11.5. The summed E-state index contributed by atoms with van der Waals surface area (Å²) in [5, 5.41) is 31.6. The number of hydrogen-bond acceptors (Lipinski definition) is 5. The first-order valence-corrected chi connectivity index (χ1v) is 9.33. The van der Waals surface area contributed by atoms with Crippen LogP contribution in [0.25, 0.3) is 16.1 Å². The first-order valence-electron chi connectivity index (χ1n) is 9.33. The fraction of sp³-hybridized carbons (Fsp3) is 0.261. The van der Waals surface area contributed by atoms with E-state index < -0.39 is 0 Å². The van der Waals surface area contributed by atoms with Crippen LogP contribution in [0.4, 0.5) is 0 Å². The van der Waals surface area contributed by atoms with Gasteiger partial charge in [-0.15, -0.1) is 0 Å². The molecule has 0 aliphatic carbocycles. The molecule has 0 saturated heterocycles. The van der Waals surface area contributed by atoms with E-state index in [1.165, 1.54) is 24.4 Å². The molecule has 30 heavy (non-hydrogen) atoms. The van der Waals surface area contributed by atoms with Gasteiger partial charge >= 0.3 is 51.4 Å². The van der Waals surface area contributed by atoms with Gasteiger partial charge in [-0.3, -0.25) is 4.98 Å². The average Bonchev–Trinajstić information content (AvgIpc) is 2.76. The molecule has 2 aromatic carbocycles. The molecular weight excluding hydrogens is 403 g/mol. The summed E-state index contributed by atoms with van der Waals surface area (Å²) in [6.07, 6.45) is 4.10. The summed E-state index contributed by atoms with van der Waals surface area (Å²) in [6, 6.07) is 15.9. The van der Waals surface area contributed by atoms with Gasteiger partial charge in [-0.2, -0.15) is 0 Å². The Morgan fingerprint density at radius 3 is 2.00 bits per heavy atom. The topological polar surface area (TPSA) is 104 Å². The molecule has 3 aromatic rings. The van der Waals surface area contributed by atoms with Crippen LogP contribution in [0.3, 0.4) is 0 Å². The number of pyridine rings is 1. The molecule has 0 aliphatic rings. The van der Waals surface area contributed by atoms with Crippen LogP contribution >= 0.6 is 0 Å². The molecule has 0 saturated carbocycles. The Labute approximate surface area is 222 Å². The normalized spacial score (nSPS) is 9.00. The van der Waals surface area contributed by atoms with Gasteiger partial charge in [0.2, 0.25) is 0 Å². The van der Waals surface area contributed by atoms with Gasteiger partial charge in [0, 0.05) is 17.8 Å². The zero-order chi connectivity index (χ0) is 22.1. The van der Waals surface area contributed by atoms with Gasteiger partial charge in [0.05, 0.1) is 12.3 Å². The van der Waals surface area contributed by atoms with Crippen molar-refractivity contribution >= 4 is 23.3 Å². The van der Waals surface area contributed by atoms with Crippen molar-refractivity contribution in [3.63, 3.8) is 0 Å². The summed E-state index contributed by atoms with van der Waals surface area (Å²) in [5.41, 5.74) is 4.10. The van der Waals surface area contributed by atoms with E-state index in [-0.39, 0.29) is 58.0 Å². The maximum absolute atomic E-state index is 8.90. The standard InChI is InChI=1S/C10H8N2.C9H12O.C2H5N2O.C2H6.K/c11-6-10-5-8-3-1-2-4-9(8)7-12-10;1-7-4-3-5-8(2)9(7)6-10;1-3-2-4-5;1-2;/h1-7,11H;3-5,10H,6H2,1-2H3;2H,1H3,(H-,3,4,5);1-2H3;/q;;-1;;+1. The molecule has 3 N–H and O–H groups in total. The molecule has 3 rings (SSSR count). The van der Waals surface area contributed by atoms with Crippen LogP contribution in [0, 0.1) is 19.3 Å². The minimum Gasteiger partial charge on any atom is -0.509 e. The van der Waals surface area contributed by atoms with Gasteiger partial charge in [-0.05, 0) is 42.0 Å². The third-order valence-electron chi connectivity index (χ3n) is 3.77. The van der Waals surface area contributed by atoms with E-state index in [1.807, 2.05) is 76.2 Å². The van der Waals surface area contributed by atoms with Crippen molar-refractivity contribution in [2.75, 3.05) is 7.05 Å². The van der Waals surface area contributed by atoms with Crippen molar-refractivity contribution in [2.24, 2.45) is 5.16 Å². The molecule has 1 heterocycles. The van der Waals surface area contributed by atoms with E-state index in [0.29, 0.717) is 5.69 Å². The van der Waals surface area contributed by atoms with Crippen LogP contribution in [0.2, 0.25) is 0 Å². The van der Waals surface area contributed by atoms with Crippen LogP contribution < -0.4 is 51.4 Å². The summed E-state index contributed by atoms with van der Waals surface area (Å²) < 4.78 is 0. The van der Waals surface area contributed by atoms with Crippen molar-refractivity contribution < 1.29 is 61.7 Å². The summed E-state index contributed by atoms with van der Waals surface area (Å²) in [7, 11) is 1.53. The molecule has 0 atom stereocenters. The second kappa shape index (κ2) is 19.4. The second-order valence-corrected chi connectivity index (χ2v) is 5.62. The van der Waals surface area contributed by atoms with Crippen molar-refractivity contribution in [2.45, 2.75) is 34.3 Å². The molecule has 0 radical (unpaired) electrons. The number of benzene rings is 2. The van der Waals surface area contributed by atoms with Crippen molar-refractivity contribution in [1.82, 2.24) is 4.98 Å². The Kier molecular flexibility index (Phi) is 19.7. The first kappa shape index (κ1) is 30.6. The van der Waals surface area contributed by atoms with Gasteiger partial charge < -0.3 is 26.2 Å². The van der Waals surface area contributed by atoms with Crippen molar-refractivity contribution in [3.8, 4) is 0 Å². The number of aromatic nitrogens is 1. The van der Waals surface area contributed by atoms with Crippen LogP contribution in [0.5, 0.6) is 0 Å². The SMILES string of the molecule is CC.C[N-]/C=N\O.Cc1cccc(C)c1CO.N=Cc1cc2ccccc2cn1.[K+]. The number of hydrogen-bond donors (Lipinski definition) is 3. The predicted molar refractivity (Wildman–Crippen MR) is 122 cm³/mol. The number of fused-ring (bicyclic) bond motifs is 1. The number of nitrogens with zero attached hydrogens (tertiary/aromatic N) is 3. The largest absolute Gasteiger partial charge is 1.00 e. The Morgan fingerprint density at radius 1 is 1.03 bits per heavy atom. The summed E-state index contributed by atoms with van der Waals surface area (Å²) in [5.74, 6) is 0. The van der Waals surface area contributed by atoms with E-state index in [2.05, 4.69) is 15.5 Å². The van der Waals surface area contributed by atoms with Gasteiger partial charge in [-0.1, -0.05) is 69.7 Å². The van der Waals surface area contributed by atoms with Crippen molar-refractivity contribution in [1.29, 1.82) is 5.41 Å². The van der Waals surface area contributed by atoms with Gasteiger partial charge in [0.1, 0.15) is 0 Å². The van der Waals surface area contributed by atoms with Gasteiger partial charge in [0.25, 0.3) is 0 Å². The Hall–Kier alpha value is -1.61. The van der Waals surface area contributed by atoms with E-state index in [1.54, 1.807) is 6.20 Å². The maximum Gasteiger partial charge on any atom is 1.00 e. The Bertz CT molecular complexity index is 866. The zero-order valence-corrected chi connectivity index (χ0v) is 21.9. The van der Waals surface area contributed by atoms with Gasteiger partial charge in [-0.25, -0.2) is 0 Å². The minimum absolute atomic E-state index is 0. The number of aryl methyl sites for hydroxylation is 2. The van der Waals surface area contributed by atoms with Gasteiger partial charge in [0.15, 0.2) is 0 Å². The molecule has 6 nitrogen and oxygen atoms in total. The van der Waals surface area contributed by atoms with Crippen LogP contribution in [-0.4, -0.2) is 34.9 Å². The number of oxime groups is 1. The molecule has 0 unspecified atom stereocenters. The smallest absolute Gasteiger partial charge is 0.509 e. The Morgan fingerprint density at radius 2 is 1.60 bits per heavy atom. The zero-order valence-electron chi connectivity index (χ0n) is 18.8. The molecule has 0 fully saturated rings. The van der Waals surface area contributed by atoms with Crippen LogP contribution in [-0.2, 0) is 6.61 Å². The van der Waals surface area contributed by atoms with E-state index >= 15 is 0 Å². The number of aliphatic hydroxyl groups excluding tert-OH is 1. The fourth-order valence-corrected chi connectivity index (χ4v) is 2.33. The molecular formula is C23H31KN4O2. The van der Waals surface area contributed by atoms with E-state index in [4.69, 9.17) is 15.7 Å². The number of aliphatic hydroxyl groups is 1. The molecule has 156 valence electrons. The molecule has 0 amide bonds. The maximum atomic E-state index is 8.90. The molecule has 0 spiro atoms. The van der Waals surface area contributed by atoms with E-state index in [9.17, 15) is 0 Å². The fourth-order valence-electron chi connectivity index (χ4n) is 2.33. The van der Waals surface area contributed by atoms with Crippen LogP contribution in [0.1, 0.15) is 36.2 Å². The molecule has 7 heteroatoms. The summed E-state index contributed by atoms with van der Waals surface area (Å²) in [4.78, 5) is 4.08. The quantitative estimate of drug-likeness (QED) is 0.194. The summed E-state index contributed by atoms with van der Waals surface area (Å²) >= 11 is 0. The predicted octanol–water partition coefficient (Wildman–Crippen LogP) is 2.47.